The Balaban J connectivity index is 2.05. The second-order valence-corrected chi connectivity index (χ2v) is 5.49. The SMILES string of the molecule is Brc1ccc2ncn(C3CCCCC3)c2c1. The van der Waals surface area contributed by atoms with Crippen LogP contribution in [0.5, 0.6) is 0 Å². The van der Waals surface area contributed by atoms with Crippen LogP contribution in [-0.4, -0.2) is 9.55 Å². The van der Waals surface area contributed by atoms with Crippen molar-refractivity contribution >= 4 is 27.0 Å². The fourth-order valence-electron chi connectivity index (χ4n) is 2.65. The zero-order chi connectivity index (χ0) is 11.0. The number of hydrogen-bond donors (Lipinski definition) is 0. The second-order valence-electron chi connectivity index (χ2n) is 4.58. The molecule has 0 saturated heterocycles. The summed E-state index contributed by atoms with van der Waals surface area (Å²) in [6.45, 7) is 0. The number of benzene rings is 1. The van der Waals surface area contributed by atoms with Crippen molar-refractivity contribution in [2.45, 2.75) is 38.1 Å². The first-order valence-electron chi connectivity index (χ1n) is 5.97. The van der Waals surface area contributed by atoms with Gasteiger partial charge in [-0.15, -0.1) is 0 Å². The molecular weight excluding hydrogens is 264 g/mol. The van der Waals surface area contributed by atoms with E-state index in [9.17, 15) is 0 Å². The lowest BCUT2D eigenvalue weighted by molar-refractivity contribution is 0.359. The van der Waals surface area contributed by atoms with Crippen molar-refractivity contribution in [1.29, 1.82) is 0 Å². The third kappa shape index (κ3) is 1.77. The molecule has 0 amide bonds. The molecule has 0 spiro atoms. The molecule has 1 fully saturated rings. The average Bonchev–Trinajstić information content (AvgIpc) is 2.73. The van der Waals surface area contributed by atoms with Gasteiger partial charge in [0.2, 0.25) is 0 Å². The molecule has 0 radical (unpaired) electrons. The molecule has 2 aromatic rings. The van der Waals surface area contributed by atoms with Crippen molar-refractivity contribution in [2.75, 3.05) is 0 Å². The molecule has 0 bridgehead atoms. The number of fused-ring (bicyclic) bond motifs is 1. The summed E-state index contributed by atoms with van der Waals surface area (Å²) in [4.78, 5) is 4.48. The van der Waals surface area contributed by atoms with E-state index < -0.39 is 0 Å². The number of nitrogens with zero attached hydrogens (tertiary/aromatic N) is 2. The van der Waals surface area contributed by atoms with E-state index in [4.69, 9.17) is 0 Å². The maximum Gasteiger partial charge on any atom is 0.0960 e. The number of halogens is 1. The van der Waals surface area contributed by atoms with Crippen LogP contribution in [0.1, 0.15) is 38.1 Å². The first-order valence-corrected chi connectivity index (χ1v) is 6.76. The van der Waals surface area contributed by atoms with Crippen LogP contribution in [0.15, 0.2) is 29.0 Å². The van der Waals surface area contributed by atoms with Crippen LogP contribution < -0.4 is 0 Å². The highest BCUT2D eigenvalue weighted by molar-refractivity contribution is 9.10. The Morgan fingerprint density at radius 2 is 2.00 bits per heavy atom. The summed E-state index contributed by atoms with van der Waals surface area (Å²) < 4.78 is 3.50. The predicted octanol–water partition coefficient (Wildman–Crippen LogP) is 4.30. The highest BCUT2D eigenvalue weighted by Gasteiger charge is 2.17. The number of rotatable bonds is 1. The Labute approximate surface area is 104 Å². The van der Waals surface area contributed by atoms with Crippen molar-refractivity contribution in [3.63, 3.8) is 0 Å². The Morgan fingerprint density at radius 1 is 1.19 bits per heavy atom. The molecule has 84 valence electrons. The van der Waals surface area contributed by atoms with Gasteiger partial charge in [-0.2, -0.15) is 0 Å². The van der Waals surface area contributed by atoms with Crippen molar-refractivity contribution in [1.82, 2.24) is 9.55 Å². The third-order valence-corrected chi connectivity index (χ3v) is 4.00. The molecule has 16 heavy (non-hydrogen) atoms. The molecule has 1 heterocycles. The van der Waals surface area contributed by atoms with Crippen molar-refractivity contribution in [3.8, 4) is 0 Å². The fourth-order valence-corrected chi connectivity index (χ4v) is 3.00. The van der Waals surface area contributed by atoms with E-state index in [1.165, 1.54) is 37.6 Å². The topological polar surface area (TPSA) is 17.8 Å². The molecule has 1 aliphatic carbocycles. The van der Waals surface area contributed by atoms with Gasteiger partial charge >= 0.3 is 0 Å². The van der Waals surface area contributed by atoms with Gasteiger partial charge in [-0.25, -0.2) is 4.98 Å². The van der Waals surface area contributed by atoms with E-state index in [1.54, 1.807) is 0 Å². The lowest BCUT2D eigenvalue weighted by Gasteiger charge is -2.23. The highest BCUT2D eigenvalue weighted by Crippen LogP contribution is 2.31. The number of imidazole rings is 1. The van der Waals surface area contributed by atoms with E-state index in [1.807, 2.05) is 6.33 Å². The summed E-state index contributed by atoms with van der Waals surface area (Å²) in [5.74, 6) is 0. The molecule has 2 nitrogen and oxygen atoms in total. The minimum atomic E-state index is 0.660. The van der Waals surface area contributed by atoms with E-state index >= 15 is 0 Å². The highest BCUT2D eigenvalue weighted by atomic mass is 79.9. The van der Waals surface area contributed by atoms with E-state index in [2.05, 4.69) is 43.7 Å². The summed E-state index contributed by atoms with van der Waals surface area (Å²) >= 11 is 3.53. The third-order valence-electron chi connectivity index (χ3n) is 3.50. The summed E-state index contributed by atoms with van der Waals surface area (Å²) in [5.41, 5.74) is 2.37. The summed E-state index contributed by atoms with van der Waals surface area (Å²) in [5, 5.41) is 0. The largest absolute Gasteiger partial charge is 0.327 e. The van der Waals surface area contributed by atoms with Crippen LogP contribution in [0.4, 0.5) is 0 Å². The first kappa shape index (κ1) is 10.3. The van der Waals surface area contributed by atoms with Crippen LogP contribution in [-0.2, 0) is 0 Å². The van der Waals surface area contributed by atoms with Crippen LogP contribution in [0.2, 0.25) is 0 Å². The monoisotopic (exact) mass is 278 g/mol. The normalized spacial score (nSPS) is 18.1. The summed E-state index contributed by atoms with van der Waals surface area (Å²) in [7, 11) is 0. The smallest absolute Gasteiger partial charge is 0.0960 e. The maximum absolute atomic E-state index is 4.48. The van der Waals surface area contributed by atoms with Gasteiger partial charge in [-0.05, 0) is 31.0 Å². The molecule has 0 N–H and O–H groups in total. The van der Waals surface area contributed by atoms with Crippen molar-refractivity contribution in [2.24, 2.45) is 0 Å². The molecular formula is C13H15BrN2. The molecule has 3 rings (SSSR count). The molecule has 1 aromatic carbocycles. The average molecular weight is 279 g/mol. The lowest BCUT2D eigenvalue weighted by Crippen LogP contribution is -2.11. The Kier molecular flexibility index (Phi) is 2.72. The second kappa shape index (κ2) is 4.21. The van der Waals surface area contributed by atoms with Crippen molar-refractivity contribution in [3.05, 3.63) is 29.0 Å². The Hall–Kier alpha value is -0.830. The molecule has 0 unspecified atom stereocenters. The maximum atomic E-state index is 4.48. The first-order chi connectivity index (χ1) is 7.84. The fraction of sp³-hybridized carbons (Fsp3) is 0.462. The van der Waals surface area contributed by atoms with Gasteiger partial charge in [-0.1, -0.05) is 35.2 Å². The molecule has 1 aliphatic rings. The van der Waals surface area contributed by atoms with E-state index in [0.29, 0.717) is 6.04 Å². The summed E-state index contributed by atoms with van der Waals surface area (Å²) in [6.07, 6.45) is 8.73. The van der Waals surface area contributed by atoms with Gasteiger partial charge in [0.05, 0.1) is 17.4 Å². The minimum Gasteiger partial charge on any atom is -0.327 e. The van der Waals surface area contributed by atoms with Gasteiger partial charge < -0.3 is 4.57 Å². The van der Waals surface area contributed by atoms with Crippen LogP contribution in [0, 0.1) is 0 Å². The molecule has 1 aromatic heterocycles. The number of aromatic nitrogens is 2. The van der Waals surface area contributed by atoms with Crippen LogP contribution in [0.25, 0.3) is 11.0 Å². The molecule has 1 saturated carbocycles. The quantitative estimate of drug-likeness (QED) is 0.760. The predicted molar refractivity (Wildman–Crippen MR) is 69.6 cm³/mol. The van der Waals surface area contributed by atoms with Gasteiger partial charge in [0.1, 0.15) is 0 Å². The summed E-state index contributed by atoms with van der Waals surface area (Å²) in [6, 6.07) is 6.98. The van der Waals surface area contributed by atoms with Gasteiger partial charge in [0.25, 0.3) is 0 Å². The Morgan fingerprint density at radius 3 is 2.81 bits per heavy atom. The van der Waals surface area contributed by atoms with Crippen molar-refractivity contribution < 1.29 is 0 Å². The van der Waals surface area contributed by atoms with Crippen LogP contribution >= 0.6 is 15.9 Å². The van der Waals surface area contributed by atoms with Gasteiger partial charge in [0.15, 0.2) is 0 Å². The molecule has 0 aliphatic heterocycles. The standard InChI is InChI=1S/C13H15BrN2/c14-10-6-7-12-13(8-10)16(9-15-12)11-4-2-1-3-5-11/h6-9,11H,1-5H2. The lowest BCUT2D eigenvalue weighted by atomic mass is 9.95. The zero-order valence-corrected chi connectivity index (χ0v) is 10.8. The Bertz CT molecular complexity index is 498. The number of hydrogen-bond acceptors (Lipinski definition) is 1. The van der Waals surface area contributed by atoms with E-state index in [0.717, 1.165) is 9.99 Å². The van der Waals surface area contributed by atoms with Gasteiger partial charge in [0, 0.05) is 10.5 Å². The molecule has 3 heteroatoms. The molecule has 0 atom stereocenters. The van der Waals surface area contributed by atoms with E-state index in [-0.39, 0.29) is 0 Å². The zero-order valence-electron chi connectivity index (χ0n) is 9.19. The van der Waals surface area contributed by atoms with Gasteiger partial charge in [-0.3, -0.25) is 0 Å². The van der Waals surface area contributed by atoms with Crippen LogP contribution in [0.3, 0.4) is 0 Å². The minimum absolute atomic E-state index is 0.660.